The third-order valence-corrected chi connectivity index (χ3v) is 3.75. The van der Waals surface area contributed by atoms with E-state index in [0.717, 1.165) is 29.4 Å². The standard InChI is InChI=1S/C13H18O3S/c1-2-15-11-5-3-10(4-6-11)13(14)12-9-17-8-7-16-12/h3-6,12-14H,2,7-9H2,1H3. The van der Waals surface area contributed by atoms with Crippen LogP contribution in [0.5, 0.6) is 5.75 Å². The van der Waals surface area contributed by atoms with Gasteiger partial charge in [0, 0.05) is 11.5 Å². The summed E-state index contributed by atoms with van der Waals surface area (Å²) >= 11 is 1.83. The van der Waals surface area contributed by atoms with Crippen molar-refractivity contribution in [2.75, 3.05) is 24.7 Å². The smallest absolute Gasteiger partial charge is 0.119 e. The van der Waals surface area contributed by atoms with E-state index in [2.05, 4.69) is 0 Å². The number of benzene rings is 1. The maximum atomic E-state index is 10.2. The monoisotopic (exact) mass is 254 g/mol. The zero-order valence-electron chi connectivity index (χ0n) is 9.96. The lowest BCUT2D eigenvalue weighted by molar-refractivity contribution is -0.0227. The average Bonchev–Trinajstić information content (AvgIpc) is 2.40. The molecular formula is C13H18O3S. The Labute approximate surface area is 106 Å². The van der Waals surface area contributed by atoms with Crippen LogP contribution in [0.15, 0.2) is 24.3 Å². The van der Waals surface area contributed by atoms with Gasteiger partial charge in [0.1, 0.15) is 11.9 Å². The Kier molecular flexibility index (Phi) is 4.71. The van der Waals surface area contributed by atoms with E-state index in [-0.39, 0.29) is 6.10 Å². The second-order valence-electron chi connectivity index (χ2n) is 3.93. The molecule has 3 nitrogen and oxygen atoms in total. The topological polar surface area (TPSA) is 38.7 Å². The number of hydrogen-bond acceptors (Lipinski definition) is 4. The van der Waals surface area contributed by atoms with Gasteiger partial charge in [-0.05, 0) is 24.6 Å². The van der Waals surface area contributed by atoms with E-state index in [1.807, 2.05) is 43.0 Å². The summed E-state index contributed by atoms with van der Waals surface area (Å²) < 4.78 is 10.9. The Balaban J connectivity index is 2.00. The van der Waals surface area contributed by atoms with E-state index >= 15 is 0 Å². The van der Waals surface area contributed by atoms with Crippen molar-refractivity contribution in [1.29, 1.82) is 0 Å². The van der Waals surface area contributed by atoms with Crippen LogP contribution >= 0.6 is 11.8 Å². The lowest BCUT2D eigenvalue weighted by Crippen LogP contribution is -2.29. The number of thioether (sulfide) groups is 1. The Morgan fingerprint density at radius 2 is 2.24 bits per heavy atom. The molecule has 2 unspecified atom stereocenters. The van der Waals surface area contributed by atoms with E-state index in [4.69, 9.17) is 9.47 Å². The highest BCUT2D eigenvalue weighted by molar-refractivity contribution is 7.99. The summed E-state index contributed by atoms with van der Waals surface area (Å²) in [5, 5.41) is 10.2. The third kappa shape index (κ3) is 3.37. The van der Waals surface area contributed by atoms with Crippen molar-refractivity contribution >= 4 is 11.8 Å². The normalized spacial score (nSPS) is 22.1. The summed E-state index contributed by atoms with van der Waals surface area (Å²) in [6, 6.07) is 7.58. The summed E-state index contributed by atoms with van der Waals surface area (Å²) in [7, 11) is 0. The first-order chi connectivity index (χ1) is 8.31. The van der Waals surface area contributed by atoms with Crippen LogP contribution in [0.1, 0.15) is 18.6 Å². The second-order valence-corrected chi connectivity index (χ2v) is 5.08. The molecule has 0 radical (unpaired) electrons. The molecule has 0 bridgehead atoms. The average molecular weight is 254 g/mol. The maximum Gasteiger partial charge on any atom is 0.119 e. The lowest BCUT2D eigenvalue weighted by Gasteiger charge is -2.27. The Bertz CT molecular complexity index is 333. The molecule has 0 aromatic heterocycles. The molecule has 1 fully saturated rings. The fourth-order valence-corrected chi connectivity index (χ4v) is 2.72. The number of ether oxygens (including phenoxy) is 2. The number of aliphatic hydroxyl groups is 1. The fraction of sp³-hybridized carbons (Fsp3) is 0.538. The van der Waals surface area contributed by atoms with E-state index in [9.17, 15) is 5.11 Å². The van der Waals surface area contributed by atoms with Gasteiger partial charge in [0.05, 0.1) is 19.3 Å². The quantitative estimate of drug-likeness (QED) is 0.894. The molecule has 1 aromatic rings. The van der Waals surface area contributed by atoms with Gasteiger partial charge in [-0.25, -0.2) is 0 Å². The molecule has 94 valence electrons. The predicted octanol–water partition coefficient (Wildman–Crippen LogP) is 2.25. The number of aliphatic hydroxyl groups excluding tert-OH is 1. The van der Waals surface area contributed by atoms with Crippen molar-refractivity contribution in [1.82, 2.24) is 0 Å². The first-order valence-corrected chi connectivity index (χ1v) is 7.07. The molecule has 0 aliphatic carbocycles. The van der Waals surface area contributed by atoms with Crippen molar-refractivity contribution in [3.05, 3.63) is 29.8 Å². The molecule has 0 amide bonds. The van der Waals surface area contributed by atoms with Gasteiger partial charge in [0.25, 0.3) is 0 Å². The predicted molar refractivity (Wildman–Crippen MR) is 69.6 cm³/mol. The van der Waals surface area contributed by atoms with Gasteiger partial charge in [-0.15, -0.1) is 0 Å². The highest BCUT2D eigenvalue weighted by atomic mass is 32.2. The van der Waals surface area contributed by atoms with Crippen molar-refractivity contribution in [3.8, 4) is 5.75 Å². The molecule has 1 N–H and O–H groups in total. The van der Waals surface area contributed by atoms with Crippen molar-refractivity contribution in [2.45, 2.75) is 19.1 Å². The van der Waals surface area contributed by atoms with Crippen LogP contribution in [0.4, 0.5) is 0 Å². The van der Waals surface area contributed by atoms with E-state index in [0.29, 0.717) is 6.61 Å². The van der Waals surface area contributed by atoms with E-state index in [1.165, 1.54) is 0 Å². The molecular weight excluding hydrogens is 236 g/mol. The van der Waals surface area contributed by atoms with Crippen molar-refractivity contribution < 1.29 is 14.6 Å². The zero-order chi connectivity index (χ0) is 12.1. The second kappa shape index (κ2) is 6.28. The van der Waals surface area contributed by atoms with Gasteiger partial charge < -0.3 is 14.6 Å². The Hall–Kier alpha value is -0.710. The van der Waals surface area contributed by atoms with E-state index < -0.39 is 6.10 Å². The number of rotatable bonds is 4. The van der Waals surface area contributed by atoms with Gasteiger partial charge in [-0.1, -0.05) is 12.1 Å². The molecule has 1 aliphatic heterocycles. The van der Waals surface area contributed by atoms with Gasteiger partial charge in [-0.3, -0.25) is 0 Å². The Morgan fingerprint density at radius 3 is 2.82 bits per heavy atom. The first-order valence-electron chi connectivity index (χ1n) is 5.91. The summed E-state index contributed by atoms with van der Waals surface area (Å²) in [5.74, 6) is 2.71. The molecule has 1 aliphatic rings. The summed E-state index contributed by atoms with van der Waals surface area (Å²) in [6.07, 6.45) is -0.634. The highest BCUT2D eigenvalue weighted by Gasteiger charge is 2.24. The molecule has 17 heavy (non-hydrogen) atoms. The lowest BCUT2D eigenvalue weighted by atomic mass is 10.1. The van der Waals surface area contributed by atoms with E-state index in [1.54, 1.807) is 0 Å². The molecule has 0 spiro atoms. The molecule has 2 atom stereocenters. The van der Waals surface area contributed by atoms with Crippen LogP contribution in [0.3, 0.4) is 0 Å². The summed E-state index contributed by atoms with van der Waals surface area (Å²) in [6.45, 7) is 3.34. The molecule has 4 heteroatoms. The zero-order valence-corrected chi connectivity index (χ0v) is 10.8. The first kappa shape index (κ1) is 12.7. The molecule has 1 saturated heterocycles. The van der Waals surface area contributed by atoms with Crippen LogP contribution in [-0.4, -0.2) is 35.9 Å². The van der Waals surface area contributed by atoms with Gasteiger partial charge >= 0.3 is 0 Å². The van der Waals surface area contributed by atoms with Crippen molar-refractivity contribution in [3.63, 3.8) is 0 Å². The fourth-order valence-electron chi connectivity index (χ4n) is 1.83. The minimum atomic E-state index is -0.543. The van der Waals surface area contributed by atoms with Crippen LogP contribution < -0.4 is 4.74 Å². The third-order valence-electron chi connectivity index (χ3n) is 2.73. The summed E-state index contributed by atoms with van der Waals surface area (Å²) in [4.78, 5) is 0. The molecule has 1 heterocycles. The minimum absolute atomic E-state index is 0.0910. The van der Waals surface area contributed by atoms with Gasteiger partial charge in [-0.2, -0.15) is 11.8 Å². The molecule has 2 rings (SSSR count). The van der Waals surface area contributed by atoms with Crippen LogP contribution in [0.25, 0.3) is 0 Å². The SMILES string of the molecule is CCOc1ccc(C(O)C2CSCCO2)cc1. The molecule has 1 aromatic carbocycles. The minimum Gasteiger partial charge on any atom is -0.494 e. The van der Waals surface area contributed by atoms with Crippen molar-refractivity contribution in [2.24, 2.45) is 0 Å². The van der Waals surface area contributed by atoms with Crippen LogP contribution in [0.2, 0.25) is 0 Å². The highest BCUT2D eigenvalue weighted by Crippen LogP contribution is 2.26. The number of hydrogen-bond donors (Lipinski definition) is 1. The largest absolute Gasteiger partial charge is 0.494 e. The van der Waals surface area contributed by atoms with Crippen LogP contribution in [-0.2, 0) is 4.74 Å². The van der Waals surface area contributed by atoms with Gasteiger partial charge in [0.15, 0.2) is 0 Å². The van der Waals surface area contributed by atoms with Crippen LogP contribution in [0, 0.1) is 0 Å². The molecule has 0 saturated carbocycles. The maximum absolute atomic E-state index is 10.2. The van der Waals surface area contributed by atoms with Gasteiger partial charge in [0.2, 0.25) is 0 Å². The summed E-state index contributed by atoms with van der Waals surface area (Å²) in [5.41, 5.74) is 0.890. The Morgan fingerprint density at radius 1 is 1.47 bits per heavy atom.